The second kappa shape index (κ2) is 8.93. The third-order valence-corrected chi connectivity index (χ3v) is 4.88. The Bertz CT molecular complexity index is 741. The number of benzene rings is 1. The summed E-state index contributed by atoms with van der Waals surface area (Å²) in [4.78, 5) is 14.0. The second-order valence-corrected chi connectivity index (χ2v) is 7.45. The van der Waals surface area contributed by atoms with Crippen molar-refractivity contribution in [1.82, 2.24) is 9.97 Å². The highest BCUT2D eigenvalue weighted by atomic mass is 16.5. The molecular formula is C21H31N5O. The Kier molecular flexibility index (Phi) is 6.37. The van der Waals surface area contributed by atoms with E-state index < -0.39 is 0 Å². The lowest BCUT2D eigenvalue weighted by Crippen LogP contribution is -2.47. The minimum Gasteiger partial charge on any atom is -0.495 e. The van der Waals surface area contributed by atoms with Gasteiger partial charge in [0.25, 0.3) is 0 Å². The summed E-state index contributed by atoms with van der Waals surface area (Å²) in [5.74, 6) is 3.34. The fourth-order valence-electron chi connectivity index (χ4n) is 3.33. The molecule has 0 spiro atoms. The molecule has 0 amide bonds. The maximum Gasteiger partial charge on any atom is 0.224 e. The zero-order valence-electron chi connectivity index (χ0n) is 16.9. The van der Waals surface area contributed by atoms with E-state index in [1.165, 1.54) is 0 Å². The van der Waals surface area contributed by atoms with Crippen LogP contribution in [0.2, 0.25) is 0 Å². The predicted molar refractivity (Wildman–Crippen MR) is 112 cm³/mol. The van der Waals surface area contributed by atoms with Gasteiger partial charge in [-0.2, -0.15) is 4.98 Å². The number of nitrogens with zero attached hydrogens (tertiary/aromatic N) is 4. The molecule has 2 heterocycles. The summed E-state index contributed by atoms with van der Waals surface area (Å²) >= 11 is 0. The lowest BCUT2D eigenvalue weighted by atomic mass is 10.1. The molecule has 0 unspecified atom stereocenters. The molecule has 0 bridgehead atoms. The number of para-hydroxylation sites is 2. The first kappa shape index (κ1) is 19.3. The Labute approximate surface area is 162 Å². The SMILES string of the molecule is COc1ccccc1N1CCN(c2cc(C)nc(NCCC(C)C)n2)CC1. The summed E-state index contributed by atoms with van der Waals surface area (Å²) in [7, 11) is 1.73. The van der Waals surface area contributed by atoms with Gasteiger partial charge in [-0.05, 0) is 31.4 Å². The molecule has 1 aliphatic heterocycles. The summed E-state index contributed by atoms with van der Waals surface area (Å²) < 4.78 is 5.51. The molecule has 1 aromatic heterocycles. The number of aryl methyl sites for hydroxylation is 1. The van der Waals surface area contributed by atoms with Crippen LogP contribution < -0.4 is 19.9 Å². The number of hydrogen-bond donors (Lipinski definition) is 1. The number of ether oxygens (including phenoxy) is 1. The molecule has 1 aliphatic rings. The number of nitrogens with one attached hydrogen (secondary N) is 1. The zero-order chi connectivity index (χ0) is 19.2. The average molecular weight is 370 g/mol. The molecule has 3 rings (SSSR count). The van der Waals surface area contributed by atoms with Gasteiger partial charge in [-0.15, -0.1) is 0 Å². The quantitative estimate of drug-likeness (QED) is 0.805. The smallest absolute Gasteiger partial charge is 0.224 e. The fourth-order valence-corrected chi connectivity index (χ4v) is 3.33. The number of piperazine rings is 1. The van der Waals surface area contributed by atoms with Crippen LogP contribution in [0, 0.1) is 12.8 Å². The van der Waals surface area contributed by atoms with Crippen LogP contribution in [-0.4, -0.2) is 49.8 Å². The third-order valence-electron chi connectivity index (χ3n) is 4.88. The van der Waals surface area contributed by atoms with E-state index in [0.717, 1.165) is 68.0 Å². The summed E-state index contributed by atoms with van der Waals surface area (Å²) in [6.45, 7) is 11.1. The molecule has 1 aromatic carbocycles. The Balaban J connectivity index is 1.64. The number of methoxy groups -OCH3 is 1. The highest BCUT2D eigenvalue weighted by Gasteiger charge is 2.21. The molecule has 6 heteroatoms. The van der Waals surface area contributed by atoms with Gasteiger partial charge in [0.2, 0.25) is 5.95 Å². The highest BCUT2D eigenvalue weighted by Crippen LogP contribution is 2.29. The first-order valence-electron chi connectivity index (χ1n) is 9.79. The van der Waals surface area contributed by atoms with E-state index >= 15 is 0 Å². The number of aromatic nitrogens is 2. The maximum atomic E-state index is 5.51. The monoisotopic (exact) mass is 369 g/mol. The van der Waals surface area contributed by atoms with E-state index in [4.69, 9.17) is 9.72 Å². The molecule has 0 saturated carbocycles. The first-order valence-corrected chi connectivity index (χ1v) is 9.79. The summed E-state index contributed by atoms with van der Waals surface area (Å²) in [6, 6.07) is 10.3. The van der Waals surface area contributed by atoms with E-state index in [-0.39, 0.29) is 0 Å². The standard InChI is InChI=1S/C21H31N5O/c1-16(2)9-10-22-21-23-17(3)15-20(24-21)26-13-11-25(12-14-26)18-7-5-6-8-19(18)27-4/h5-8,15-16H,9-14H2,1-4H3,(H,22,23,24). The van der Waals surface area contributed by atoms with E-state index in [1.54, 1.807) is 7.11 Å². The molecule has 1 fully saturated rings. The lowest BCUT2D eigenvalue weighted by Gasteiger charge is -2.37. The molecule has 146 valence electrons. The summed E-state index contributed by atoms with van der Waals surface area (Å²) in [5, 5.41) is 3.37. The van der Waals surface area contributed by atoms with Crippen LogP contribution in [0.5, 0.6) is 5.75 Å². The van der Waals surface area contributed by atoms with Gasteiger partial charge in [0.15, 0.2) is 0 Å². The molecule has 0 radical (unpaired) electrons. The molecule has 1 saturated heterocycles. The molecule has 0 aliphatic carbocycles. The Morgan fingerprint density at radius 2 is 1.78 bits per heavy atom. The molecule has 1 N–H and O–H groups in total. The van der Waals surface area contributed by atoms with E-state index in [9.17, 15) is 0 Å². The van der Waals surface area contributed by atoms with Gasteiger partial charge in [0, 0.05) is 44.5 Å². The number of hydrogen-bond acceptors (Lipinski definition) is 6. The van der Waals surface area contributed by atoms with Crippen molar-refractivity contribution < 1.29 is 4.74 Å². The van der Waals surface area contributed by atoms with Gasteiger partial charge in [-0.3, -0.25) is 0 Å². The first-order chi connectivity index (χ1) is 13.1. The average Bonchev–Trinajstić information content (AvgIpc) is 2.67. The van der Waals surface area contributed by atoms with Crippen LogP contribution in [0.4, 0.5) is 17.5 Å². The topological polar surface area (TPSA) is 53.5 Å². The second-order valence-electron chi connectivity index (χ2n) is 7.45. The maximum absolute atomic E-state index is 5.51. The van der Waals surface area contributed by atoms with E-state index in [0.29, 0.717) is 5.92 Å². The molecule has 6 nitrogen and oxygen atoms in total. The lowest BCUT2D eigenvalue weighted by molar-refractivity contribution is 0.413. The van der Waals surface area contributed by atoms with Crippen LogP contribution in [0.25, 0.3) is 0 Å². The van der Waals surface area contributed by atoms with Crippen molar-refractivity contribution in [1.29, 1.82) is 0 Å². The predicted octanol–water partition coefficient (Wildman–Crippen LogP) is 3.58. The number of anilines is 3. The molecule has 0 atom stereocenters. The summed E-state index contributed by atoms with van der Waals surface area (Å²) in [6.07, 6.45) is 1.12. The van der Waals surface area contributed by atoms with Crippen molar-refractivity contribution in [2.45, 2.75) is 27.2 Å². The van der Waals surface area contributed by atoms with Gasteiger partial charge in [0.1, 0.15) is 11.6 Å². The highest BCUT2D eigenvalue weighted by molar-refractivity contribution is 5.59. The fraction of sp³-hybridized carbons (Fsp3) is 0.524. The van der Waals surface area contributed by atoms with Crippen molar-refractivity contribution in [2.24, 2.45) is 5.92 Å². The Hall–Kier alpha value is -2.50. The van der Waals surface area contributed by atoms with Crippen LogP contribution in [0.1, 0.15) is 26.0 Å². The van der Waals surface area contributed by atoms with Crippen LogP contribution in [0.3, 0.4) is 0 Å². The third kappa shape index (κ3) is 5.02. The Morgan fingerprint density at radius 1 is 1.07 bits per heavy atom. The van der Waals surface area contributed by atoms with E-state index in [1.807, 2.05) is 19.1 Å². The van der Waals surface area contributed by atoms with Crippen molar-refractivity contribution >= 4 is 17.5 Å². The van der Waals surface area contributed by atoms with Crippen molar-refractivity contribution in [3.05, 3.63) is 36.0 Å². The van der Waals surface area contributed by atoms with E-state index in [2.05, 4.69) is 52.1 Å². The summed E-state index contributed by atoms with van der Waals surface area (Å²) in [5.41, 5.74) is 2.16. The van der Waals surface area contributed by atoms with Gasteiger partial charge < -0.3 is 19.9 Å². The van der Waals surface area contributed by atoms with Gasteiger partial charge in [-0.1, -0.05) is 26.0 Å². The minimum atomic E-state index is 0.671. The van der Waals surface area contributed by atoms with Crippen molar-refractivity contribution in [3.8, 4) is 5.75 Å². The van der Waals surface area contributed by atoms with Gasteiger partial charge >= 0.3 is 0 Å². The minimum absolute atomic E-state index is 0.671. The normalized spacial score (nSPS) is 14.6. The van der Waals surface area contributed by atoms with Crippen molar-refractivity contribution in [3.63, 3.8) is 0 Å². The van der Waals surface area contributed by atoms with Crippen LogP contribution in [0.15, 0.2) is 30.3 Å². The van der Waals surface area contributed by atoms with Gasteiger partial charge in [0.05, 0.1) is 12.8 Å². The van der Waals surface area contributed by atoms with Gasteiger partial charge in [-0.25, -0.2) is 4.98 Å². The molecule has 2 aromatic rings. The Morgan fingerprint density at radius 3 is 2.48 bits per heavy atom. The number of rotatable bonds is 7. The van der Waals surface area contributed by atoms with Crippen molar-refractivity contribution in [2.75, 3.05) is 55.0 Å². The zero-order valence-corrected chi connectivity index (χ0v) is 16.9. The van der Waals surface area contributed by atoms with Crippen LogP contribution >= 0.6 is 0 Å². The molecule has 27 heavy (non-hydrogen) atoms. The van der Waals surface area contributed by atoms with Crippen LogP contribution in [-0.2, 0) is 0 Å². The molecular weight excluding hydrogens is 338 g/mol. The largest absolute Gasteiger partial charge is 0.495 e.